The van der Waals surface area contributed by atoms with Crippen molar-refractivity contribution in [3.8, 4) is 0 Å². The summed E-state index contributed by atoms with van der Waals surface area (Å²) in [6, 6.07) is 0.0134. The van der Waals surface area contributed by atoms with Gasteiger partial charge in [0.25, 0.3) is 0 Å². The highest BCUT2D eigenvalue weighted by Crippen LogP contribution is 2.52. The Morgan fingerprint density at radius 1 is 0.553 bits per heavy atom. The number of likely N-dealkylation sites (tertiary alicyclic amines) is 2. The number of amides is 4. The molecule has 4 saturated carbocycles. The molecule has 0 spiro atoms. The van der Waals surface area contributed by atoms with Gasteiger partial charge in [-0.15, -0.1) is 0 Å². The summed E-state index contributed by atoms with van der Waals surface area (Å²) in [6.45, 7) is 13.3. The number of hydrogen-bond donors (Lipinski definition) is 0. The van der Waals surface area contributed by atoms with E-state index < -0.39 is 5.54 Å². The van der Waals surface area contributed by atoms with E-state index in [1.54, 1.807) is 9.80 Å². The Hall–Kier alpha value is -1.76. The summed E-state index contributed by atoms with van der Waals surface area (Å²) < 4.78 is 6.65. The van der Waals surface area contributed by atoms with Crippen LogP contribution in [0.3, 0.4) is 0 Å². The molecule has 47 heavy (non-hydrogen) atoms. The van der Waals surface area contributed by atoms with Crippen molar-refractivity contribution in [3.63, 3.8) is 0 Å². The Bertz CT molecular complexity index is 1170. The van der Waals surface area contributed by atoms with Crippen LogP contribution in [0.2, 0.25) is 0 Å². The van der Waals surface area contributed by atoms with Crippen molar-refractivity contribution in [3.05, 3.63) is 0 Å². The van der Waals surface area contributed by atoms with E-state index in [1.165, 1.54) is 25.7 Å². The molecular weight excluding hydrogens is 588 g/mol. The Morgan fingerprint density at radius 2 is 1.00 bits per heavy atom. The van der Waals surface area contributed by atoms with Gasteiger partial charge in [-0.3, -0.25) is 29.0 Å². The van der Waals surface area contributed by atoms with Crippen LogP contribution >= 0.6 is 0 Å². The van der Waals surface area contributed by atoms with Gasteiger partial charge in [0.15, 0.2) is 0 Å². The van der Waals surface area contributed by atoms with Gasteiger partial charge in [-0.05, 0) is 133 Å². The minimum absolute atomic E-state index is 0.0134. The number of imide groups is 2. The number of hydrogen-bond acceptors (Lipinski definition) is 5. The predicted molar refractivity (Wildman–Crippen MR) is 183 cm³/mol. The molecule has 0 aromatic carbocycles. The van der Waals surface area contributed by atoms with Crippen LogP contribution in [-0.4, -0.2) is 57.2 Å². The molecule has 0 radical (unpaired) electrons. The summed E-state index contributed by atoms with van der Waals surface area (Å²) in [4.78, 5) is 58.0. The maximum atomic E-state index is 13.9. The van der Waals surface area contributed by atoms with Crippen LogP contribution in [-0.2, 0) is 23.9 Å². The second-order valence-electron chi connectivity index (χ2n) is 17.2. The highest BCUT2D eigenvalue weighted by atomic mass is 16.5. The van der Waals surface area contributed by atoms with E-state index in [9.17, 15) is 19.2 Å². The molecule has 7 heteroatoms. The minimum atomic E-state index is -0.407. The molecule has 0 aromatic heterocycles. The lowest BCUT2D eigenvalue weighted by molar-refractivity contribution is -0.148. The Morgan fingerprint density at radius 3 is 1.51 bits per heavy atom. The fraction of sp³-hybridized carbons (Fsp3) is 0.900. The van der Waals surface area contributed by atoms with Crippen molar-refractivity contribution in [1.82, 2.24) is 9.80 Å². The zero-order valence-electron chi connectivity index (χ0n) is 30.4. The number of nitrogens with zero attached hydrogens (tertiary/aromatic N) is 2. The number of fused-ring (bicyclic) bond motifs is 2. The van der Waals surface area contributed by atoms with Crippen LogP contribution in [0.5, 0.6) is 0 Å². The number of rotatable bonds is 10. The fourth-order valence-electron chi connectivity index (χ4n) is 11.2. The van der Waals surface area contributed by atoms with Gasteiger partial charge in [-0.25, -0.2) is 0 Å². The summed E-state index contributed by atoms with van der Waals surface area (Å²) >= 11 is 0. The first-order chi connectivity index (χ1) is 22.5. The Kier molecular flexibility index (Phi) is 10.3. The van der Waals surface area contributed by atoms with E-state index >= 15 is 0 Å². The van der Waals surface area contributed by atoms with Crippen molar-refractivity contribution in [1.29, 1.82) is 0 Å². The number of ether oxygens (including phenoxy) is 1. The first kappa shape index (κ1) is 35.1. The lowest BCUT2D eigenvalue weighted by Gasteiger charge is -2.42. The van der Waals surface area contributed by atoms with E-state index in [0.717, 1.165) is 95.8 Å². The summed E-state index contributed by atoms with van der Waals surface area (Å²) in [7, 11) is 0. The quantitative estimate of drug-likeness (QED) is 0.223. The van der Waals surface area contributed by atoms with Crippen LogP contribution in [0.4, 0.5) is 0 Å². The Balaban J connectivity index is 1.00. The highest BCUT2D eigenvalue weighted by Gasteiger charge is 2.57. The lowest BCUT2D eigenvalue weighted by atomic mass is 9.64. The fourth-order valence-corrected chi connectivity index (χ4v) is 11.2. The number of carbonyl (C=O) groups excluding carboxylic acids is 4. The van der Waals surface area contributed by atoms with Crippen LogP contribution in [0.25, 0.3) is 0 Å². The van der Waals surface area contributed by atoms with E-state index in [0.29, 0.717) is 23.4 Å². The minimum Gasteiger partial charge on any atom is -0.375 e. The lowest BCUT2D eigenvalue weighted by Crippen LogP contribution is -2.49. The van der Waals surface area contributed by atoms with Crippen LogP contribution in [0.1, 0.15) is 157 Å². The van der Waals surface area contributed by atoms with E-state index in [1.807, 2.05) is 6.92 Å². The third-order valence-corrected chi connectivity index (χ3v) is 15.4. The van der Waals surface area contributed by atoms with Crippen LogP contribution < -0.4 is 0 Å². The molecule has 6 unspecified atom stereocenters. The molecule has 7 nitrogen and oxygen atoms in total. The molecule has 2 aliphatic heterocycles. The molecule has 0 bridgehead atoms. The Labute approximate surface area is 284 Å². The van der Waals surface area contributed by atoms with E-state index in [2.05, 4.69) is 34.6 Å². The van der Waals surface area contributed by atoms with Crippen molar-refractivity contribution < 1.29 is 23.9 Å². The summed E-state index contributed by atoms with van der Waals surface area (Å²) in [5, 5.41) is 0. The zero-order valence-corrected chi connectivity index (χ0v) is 30.4. The van der Waals surface area contributed by atoms with Crippen LogP contribution in [0, 0.1) is 46.8 Å². The molecule has 0 N–H and O–H groups in total. The van der Waals surface area contributed by atoms with Gasteiger partial charge in [-0.1, -0.05) is 47.5 Å². The maximum absolute atomic E-state index is 13.9. The topological polar surface area (TPSA) is 84.0 Å². The molecule has 264 valence electrons. The normalized spacial score (nSPS) is 38.6. The van der Waals surface area contributed by atoms with Crippen molar-refractivity contribution >= 4 is 23.6 Å². The van der Waals surface area contributed by atoms with Gasteiger partial charge >= 0.3 is 0 Å². The summed E-state index contributed by atoms with van der Waals surface area (Å²) in [6.07, 6.45) is 18.1. The standard InChI is InChI=1S/C40H64N2O5/c1-7-39(5,8-2)27-13-17-29(18-14-27)47-30-19-15-28(16-20-30)41-35(43)31-21-11-25(23-33(31)36(41)44)26-12-22-32-34(24-26)38(46)42(37(32)45)40(6,9-3)10-4/h25-34H,7-24H2,1-6H3. The molecular formula is C40H64N2O5. The average molecular weight is 653 g/mol. The van der Waals surface area contributed by atoms with Gasteiger partial charge < -0.3 is 4.74 Å². The maximum Gasteiger partial charge on any atom is 0.233 e. The van der Waals surface area contributed by atoms with Crippen LogP contribution in [0.15, 0.2) is 0 Å². The molecule has 6 rings (SSSR count). The van der Waals surface area contributed by atoms with Gasteiger partial charge in [0, 0.05) is 11.6 Å². The molecule has 4 amide bonds. The van der Waals surface area contributed by atoms with Gasteiger partial charge in [0.2, 0.25) is 23.6 Å². The summed E-state index contributed by atoms with van der Waals surface area (Å²) in [5.74, 6) is 0.950. The van der Waals surface area contributed by atoms with Gasteiger partial charge in [0.1, 0.15) is 0 Å². The molecule has 6 fully saturated rings. The third kappa shape index (κ3) is 6.27. The highest BCUT2D eigenvalue weighted by molar-refractivity contribution is 6.06. The van der Waals surface area contributed by atoms with E-state index in [-0.39, 0.29) is 59.4 Å². The SMILES string of the molecule is CCC(C)(CC)C1CCC(OC2CCC(N3C(=O)C4CCC(C5CCC6C(=O)N(C(C)(CC)CC)C(=O)C6C5)CC4C3=O)CC2)CC1. The molecule has 0 aromatic rings. The average Bonchev–Trinajstić information content (AvgIpc) is 3.51. The molecule has 4 aliphatic carbocycles. The largest absolute Gasteiger partial charge is 0.375 e. The third-order valence-electron chi connectivity index (χ3n) is 15.4. The molecule has 6 aliphatic rings. The monoisotopic (exact) mass is 652 g/mol. The predicted octanol–water partition coefficient (Wildman–Crippen LogP) is 8.08. The van der Waals surface area contributed by atoms with Crippen molar-refractivity contribution in [2.45, 2.75) is 181 Å². The molecule has 2 heterocycles. The molecule has 2 saturated heterocycles. The van der Waals surface area contributed by atoms with Gasteiger partial charge in [0.05, 0.1) is 35.9 Å². The second-order valence-corrected chi connectivity index (χ2v) is 17.2. The van der Waals surface area contributed by atoms with Gasteiger partial charge in [-0.2, -0.15) is 0 Å². The first-order valence-electron chi connectivity index (χ1n) is 19.9. The molecule has 6 atom stereocenters. The summed E-state index contributed by atoms with van der Waals surface area (Å²) in [5.41, 5.74) is 0.0481. The van der Waals surface area contributed by atoms with E-state index in [4.69, 9.17) is 4.74 Å². The van der Waals surface area contributed by atoms with Crippen molar-refractivity contribution in [2.75, 3.05) is 0 Å². The zero-order chi connectivity index (χ0) is 33.7. The second kappa shape index (κ2) is 13.9. The first-order valence-corrected chi connectivity index (χ1v) is 19.9. The smallest absolute Gasteiger partial charge is 0.233 e. The van der Waals surface area contributed by atoms with Crippen molar-refractivity contribution in [2.24, 2.45) is 46.8 Å². The number of carbonyl (C=O) groups is 4.